The Labute approximate surface area is 117 Å². The first-order valence-electron chi connectivity index (χ1n) is 6.21. The fraction of sp³-hybridized carbons (Fsp3) is 0.429. The Morgan fingerprint density at radius 1 is 1.20 bits per heavy atom. The third-order valence-electron chi connectivity index (χ3n) is 2.85. The summed E-state index contributed by atoms with van der Waals surface area (Å²) in [6, 6.07) is 5.12. The van der Waals surface area contributed by atoms with Crippen LogP contribution < -0.4 is 14.8 Å². The minimum atomic E-state index is -0.987. The molecule has 0 saturated carbocycles. The van der Waals surface area contributed by atoms with E-state index in [1.165, 1.54) is 7.11 Å². The van der Waals surface area contributed by atoms with Gasteiger partial charge in [0.15, 0.2) is 11.5 Å². The zero-order chi connectivity index (χ0) is 15.1. The topological polar surface area (TPSA) is 84.9 Å². The molecular weight excluding hydrogens is 262 g/mol. The fourth-order valence-corrected chi connectivity index (χ4v) is 1.74. The van der Waals surface area contributed by atoms with Crippen molar-refractivity contribution in [3.63, 3.8) is 0 Å². The maximum absolute atomic E-state index is 11.6. The van der Waals surface area contributed by atoms with Gasteiger partial charge in [-0.15, -0.1) is 0 Å². The molecule has 0 unspecified atom stereocenters. The van der Waals surface area contributed by atoms with E-state index in [-0.39, 0.29) is 24.8 Å². The van der Waals surface area contributed by atoms with Crippen molar-refractivity contribution < 1.29 is 24.2 Å². The van der Waals surface area contributed by atoms with E-state index in [1.54, 1.807) is 19.2 Å². The van der Waals surface area contributed by atoms with Crippen LogP contribution in [-0.4, -0.2) is 31.2 Å². The van der Waals surface area contributed by atoms with Gasteiger partial charge in [0.1, 0.15) is 0 Å². The molecule has 0 fully saturated rings. The first-order valence-corrected chi connectivity index (χ1v) is 6.21. The van der Waals surface area contributed by atoms with Crippen molar-refractivity contribution in [1.29, 1.82) is 0 Å². The van der Waals surface area contributed by atoms with E-state index in [0.717, 1.165) is 5.56 Å². The van der Waals surface area contributed by atoms with Gasteiger partial charge in [-0.3, -0.25) is 9.59 Å². The number of aliphatic carboxylic acids is 1. The van der Waals surface area contributed by atoms with E-state index < -0.39 is 5.97 Å². The Bertz CT molecular complexity index is 486. The van der Waals surface area contributed by atoms with Crippen molar-refractivity contribution in [2.75, 3.05) is 14.2 Å². The lowest BCUT2D eigenvalue weighted by Gasteiger charge is -2.16. The standard InChI is InChI=1S/C14H19NO5/c1-9(15-13(16)6-7-14(17)18)10-4-5-11(19-2)12(8-10)20-3/h4-5,8-9H,6-7H2,1-3H3,(H,15,16)(H,17,18)/t9-/m0/s1. The second kappa shape index (κ2) is 7.37. The van der Waals surface area contributed by atoms with E-state index in [4.69, 9.17) is 14.6 Å². The Balaban J connectivity index is 2.69. The lowest BCUT2D eigenvalue weighted by atomic mass is 10.1. The number of rotatable bonds is 7. The van der Waals surface area contributed by atoms with Gasteiger partial charge >= 0.3 is 5.97 Å². The number of carboxylic acid groups (broad SMARTS) is 1. The highest BCUT2D eigenvalue weighted by molar-refractivity contribution is 5.80. The molecule has 0 aliphatic rings. The summed E-state index contributed by atoms with van der Waals surface area (Å²) in [4.78, 5) is 22.0. The lowest BCUT2D eigenvalue weighted by molar-refractivity contribution is -0.138. The molecule has 0 radical (unpaired) electrons. The third kappa shape index (κ3) is 4.46. The summed E-state index contributed by atoms with van der Waals surface area (Å²) in [5.74, 6) is -0.0918. The fourth-order valence-electron chi connectivity index (χ4n) is 1.74. The van der Waals surface area contributed by atoms with E-state index >= 15 is 0 Å². The number of amides is 1. The van der Waals surface area contributed by atoms with Gasteiger partial charge < -0.3 is 19.9 Å². The molecule has 1 atom stereocenters. The average molecular weight is 281 g/mol. The lowest BCUT2D eigenvalue weighted by Crippen LogP contribution is -2.26. The number of methoxy groups -OCH3 is 2. The molecule has 6 nitrogen and oxygen atoms in total. The van der Waals surface area contributed by atoms with Gasteiger partial charge in [-0.1, -0.05) is 6.07 Å². The van der Waals surface area contributed by atoms with E-state index in [1.807, 2.05) is 13.0 Å². The maximum atomic E-state index is 11.6. The van der Waals surface area contributed by atoms with Crippen LogP contribution in [-0.2, 0) is 9.59 Å². The highest BCUT2D eigenvalue weighted by Crippen LogP contribution is 2.29. The zero-order valence-electron chi connectivity index (χ0n) is 11.8. The van der Waals surface area contributed by atoms with E-state index in [0.29, 0.717) is 11.5 Å². The highest BCUT2D eigenvalue weighted by atomic mass is 16.5. The van der Waals surface area contributed by atoms with Crippen LogP contribution in [0, 0.1) is 0 Å². The SMILES string of the molecule is COc1ccc([C@H](C)NC(=O)CCC(=O)O)cc1OC. The molecule has 1 aromatic rings. The smallest absolute Gasteiger partial charge is 0.303 e. The van der Waals surface area contributed by atoms with Gasteiger partial charge in [-0.2, -0.15) is 0 Å². The summed E-state index contributed by atoms with van der Waals surface area (Å²) < 4.78 is 10.3. The number of hydrogen-bond donors (Lipinski definition) is 2. The van der Waals surface area contributed by atoms with E-state index in [9.17, 15) is 9.59 Å². The van der Waals surface area contributed by atoms with Gasteiger partial charge in [0.2, 0.25) is 5.91 Å². The van der Waals surface area contributed by atoms with Gasteiger partial charge in [-0.05, 0) is 24.6 Å². The van der Waals surface area contributed by atoms with Gasteiger partial charge in [0.25, 0.3) is 0 Å². The summed E-state index contributed by atoms with van der Waals surface area (Å²) >= 11 is 0. The predicted octanol–water partition coefficient (Wildman–Crippen LogP) is 1.75. The highest BCUT2D eigenvalue weighted by Gasteiger charge is 2.13. The molecule has 1 rings (SSSR count). The molecule has 0 saturated heterocycles. The normalized spacial score (nSPS) is 11.6. The van der Waals surface area contributed by atoms with Crippen molar-refractivity contribution in [3.8, 4) is 11.5 Å². The molecule has 1 amide bonds. The Morgan fingerprint density at radius 3 is 2.40 bits per heavy atom. The van der Waals surface area contributed by atoms with Crippen molar-refractivity contribution in [2.45, 2.75) is 25.8 Å². The largest absolute Gasteiger partial charge is 0.493 e. The number of benzene rings is 1. The number of hydrogen-bond acceptors (Lipinski definition) is 4. The molecule has 110 valence electrons. The number of nitrogens with one attached hydrogen (secondary N) is 1. The number of ether oxygens (including phenoxy) is 2. The summed E-state index contributed by atoms with van der Waals surface area (Å²) in [6.45, 7) is 1.82. The zero-order valence-corrected chi connectivity index (χ0v) is 11.8. The number of carbonyl (C=O) groups excluding carboxylic acids is 1. The molecule has 2 N–H and O–H groups in total. The summed E-state index contributed by atoms with van der Waals surface area (Å²) in [7, 11) is 3.09. The minimum Gasteiger partial charge on any atom is -0.493 e. The summed E-state index contributed by atoms with van der Waals surface area (Å²) in [5.41, 5.74) is 0.853. The molecule has 6 heteroatoms. The number of carboxylic acids is 1. The molecule has 1 aromatic carbocycles. The molecule has 0 aliphatic heterocycles. The van der Waals surface area contributed by atoms with Crippen LogP contribution in [0.5, 0.6) is 11.5 Å². The van der Waals surface area contributed by atoms with Gasteiger partial charge in [-0.25, -0.2) is 0 Å². The Kier molecular flexibility index (Phi) is 5.83. The Morgan fingerprint density at radius 2 is 1.85 bits per heavy atom. The monoisotopic (exact) mass is 281 g/mol. The van der Waals surface area contributed by atoms with Crippen LogP contribution in [0.15, 0.2) is 18.2 Å². The first kappa shape index (κ1) is 15.8. The van der Waals surface area contributed by atoms with Crippen LogP contribution >= 0.6 is 0 Å². The second-order valence-corrected chi connectivity index (χ2v) is 4.30. The van der Waals surface area contributed by atoms with Crippen molar-refractivity contribution in [3.05, 3.63) is 23.8 Å². The van der Waals surface area contributed by atoms with Crippen LogP contribution in [0.1, 0.15) is 31.4 Å². The van der Waals surface area contributed by atoms with Crippen LogP contribution in [0.3, 0.4) is 0 Å². The molecule has 0 aliphatic carbocycles. The molecular formula is C14H19NO5. The van der Waals surface area contributed by atoms with Crippen LogP contribution in [0.4, 0.5) is 0 Å². The molecule has 0 aromatic heterocycles. The molecule has 20 heavy (non-hydrogen) atoms. The molecule has 0 spiro atoms. The van der Waals surface area contributed by atoms with E-state index in [2.05, 4.69) is 5.32 Å². The molecule has 0 bridgehead atoms. The predicted molar refractivity (Wildman–Crippen MR) is 73.0 cm³/mol. The Hall–Kier alpha value is -2.24. The maximum Gasteiger partial charge on any atom is 0.303 e. The van der Waals surface area contributed by atoms with Crippen molar-refractivity contribution in [1.82, 2.24) is 5.32 Å². The van der Waals surface area contributed by atoms with Gasteiger partial charge in [0, 0.05) is 6.42 Å². The molecule has 0 heterocycles. The third-order valence-corrected chi connectivity index (χ3v) is 2.85. The second-order valence-electron chi connectivity index (χ2n) is 4.30. The van der Waals surface area contributed by atoms with Gasteiger partial charge in [0.05, 0.1) is 26.7 Å². The van der Waals surface area contributed by atoms with Crippen LogP contribution in [0.25, 0.3) is 0 Å². The minimum absolute atomic E-state index is 0.0348. The van der Waals surface area contributed by atoms with Crippen LogP contribution in [0.2, 0.25) is 0 Å². The number of carbonyl (C=O) groups is 2. The summed E-state index contributed by atoms with van der Waals surface area (Å²) in [6.07, 6.45) is -0.211. The van der Waals surface area contributed by atoms with Crippen molar-refractivity contribution >= 4 is 11.9 Å². The first-order chi connectivity index (χ1) is 9.47. The quantitative estimate of drug-likeness (QED) is 0.795. The average Bonchev–Trinajstić information content (AvgIpc) is 2.44. The summed E-state index contributed by atoms with van der Waals surface area (Å²) in [5, 5.41) is 11.3. The van der Waals surface area contributed by atoms with Crippen molar-refractivity contribution in [2.24, 2.45) is 0 Å².